The fourth-order valence-electron chi connectivity index (χ4n) is 3.44. The zero-order valence-corrected chi connectivity index (χ0v) is 15.1. The molecule has 24 heavy (non-hydrogen) atoms. The Labute approximate surface area is 146 Å². The monoisotopic (exact) mass is 345 g/mol. The van der Waals surface area contributed by atoms with Gasteiger partial charge in [-0.15, -0.1) is 11.3 Å². The van der Waals surface area contributed by atoms with Crippen LogP contribution in [0.15, 0.2) is 23.8 Å². The number of hydrogen-bond donors (Lipinski definition) is 2. The standard InChI is InChI=1S/C19H23NO3S/c1-19(2,3)12-8-9-13-14(10-12)24-17(15(13)18(22)23)20-16(21)11-6-4-5-7-11/h4-6,12H,7-10H2,1-3H3,(H,20,21)(H,22,23). The predicted octanol–water partition coefficient (Wildman–Crippen LogP) is 4.42. The number of allylic oxidation sites excluding steroid dienone is 3. The zero-order valence-electron chi connectivity index (χ0n) is 14.3. The largest absolute Gasteiger partial charge is 0.478 e. The molecule has 0 spiro atoms. The van der Waals surface area contributed by atoms with Crippen molar-refractivity contribution < 1.29 is 14.7 Å². The van der Waals surface area contributed by atoms with Gasteiger partial charge < -0.3 is 10.4 Å². The normalized spacial score (nSPS) is 19.8. The lowest BCUT2D eigenvalue weighted by atomic mass is 9.72. The highest BCUT2D eigenvalue weighted by atomic mass is 32.1. The second-order valence-corrected chi connectivity index (χ2v) is 8.70. The summed E-state index contributed by atoms with van der Waals surface area (Å²) in [4.78, 5) is 25.2. The Balaban J connectivity index is 1.89. The first-order valence-corrected chi connectivity index (χ1v) is 9.14. The van der Waals surface area contributed by atoms with Gasteiger partial charge in [-0.1, -0.05) is 39.0 Å². The molecule has 4 nitrogen and oxygen atoms in total. The maximum atomic E-state index is 12.3. The van der Waals surface area contributed by atoms with Crippen molar-refractivity contribution in [2.24, 2.45) is 11.3 Å². The summed E-state index contributed by atoms with van der Waals surface area (Å²) in [5.41, 5.74) is 2.09. The van der Waals surface area contributed by atoms with E-state index in [4.69, 9.17) is 0 Å². The van der Waals surface area contributed by atoms with E-state index in [1.165, 1.54) is 11.3 Å². The Morgan fingerprint density at radius 1 is 1.33 bits per heavy atom. The van der Waals surface area contributed by atoms with Gasteiger partial charge in [-0.05, 0) is 42.6 Å². The Bertz CT molecular complexity index is 749. The second kappa shape index (κ2) is 6.20. The second-order valence-electron chi connectivity index (χ2n) is 7.60. The number of carboxylic acids is 1. The Morgan fingerprint density at radius 3 is 2.67 bits per heavy atom. The Hall–Kier alpha value is -1.88. The average molecular weight is 345 g/mol. The molecular weight excluding hydrogens is 322 g/mol. The third-order valence-electron chi connectivity index (χ3n) is 4.99. The van der Waals surface area contributed by atoms with Crippen molar-refractivity contribution in [1.82, 2.24) is 0 Å². The first-order chi connectivity index (χ1) is 11.3. The van der Waals surface area contributed by atoms with E-state index >= 15 is 0 Å². The van der Waals surface area contributed by atoms with Crippen LogP contribution in [0, 0.1) is 11.3 Å². The minimum Gasteiger partial charge on any atom is -0.478 e. The van der Waals surface area contributed by atoms with Crippen molar-refractivity contribution in [2.75, 3.05) is 5.32 Å². The summed E-state index contributed by atoms with van der Waals surface area (Å²) in [6, 6.07) is 0. The Kier molecular flexibility index (Phi) is 4.38. The van der Waals surface area contributed by atoms with Crippen LogP contribution in [-0.4, -0.2) is 17.0 Å². The molecule has 5 heteroatoms. The molecule has 1 heterocycles. The summed E-state index contributed by atoms with van der Waals surface area (Å²) in [6.45, 7) is 6.70. The minimum absolute atomic E-state index is 0.200. The molecule has 0 fully saturated rings. The van der Waals surface area contributed by atoms with Crippen molar-refractivity contribution in [3.8, 4) is 0 Å². The summed E-state index contributed by atoms with van der Waals surface area (Å²) in [6.07, 6.45) is 8.81. The van der Waals surface area contributed by atoms with Gasteiger partial charge in [-0.25, -0.2) is 4.79 Å². The van der Waals surface area contributed by atoms with Gasteiger partial charge in [0.1, 0.15) is 5.00 Å². The maximum Gasteiger partial charge on any atom is 0.339 e. The number of fused-ring (bicyclic) bond motifs is 1. The number of hydrogen-bond acceptors (Lipinski definition) is 3. The average Bonchev–Trinajstić information content (AvgIpc) is 3.12. The van der Waals surface area contributed by atoms with Gasteiger partial charge in [0.25, 0.3) is 5.91 Å². The molecule has 0 saturated carbocycles. The van der Waals surface area contributed by atoms with Gasteiger partial charge in [0, 0.05) is 10.5 Å². The molecule has 1 aromatic heterocycles. The summed E-state index contributed by atoms with van der Waals surface area (Å²) >= 11 is 1.44. The van der Waals surface area contributed by atoms with E-state index in [0.717, 1.165) is 29.7 Å². The molecule has 1 atom stereocenters. The first kappa shape index (κ1) is 17.0. The lowest BCUT2D eigenvalue weighted by Crippen LogP contribution is -2.26. The fourth-order valence-corrected chi connectivity index (χ4v) is 4.75. The van der Waals surface area contributed by atoms with Crippen molar-refractivity contribution in [1.29, 1.82) is 0 Å². The maximum absolute atomic E-state index is 12.3. The third-order valence-corrected chi connectivity index (χ3v) is 6.16. The van der Waals surface area contributed by atoms with Crippen LogP contribution < -0.4 is 5.32 Å². The topological polar surface area (TPSA) is 66.4 Å². The van der Waals surface area contributed by atoms with Crippen molar-refractivity contribution in [3.63, 3.8) is 0 Å². The van der Waals surface area contributed by atoms with Crippen molar-refractivity contribution in [2.45, 2.75) is 46.5 Å². The lowest BCUT2D eigenvalue weighted by Gasteiger charge is -2.33. The molecule has 1 aromatic rings. The number of amides is 1. The van der Waals surface area contributed by atoms with Crippen LogP contribution in [0.3, 0.4) is 0 Å². The van der Waals surface area contributed by atoms with E-state index < -0.39 is 5.97 Å². The number of thiophene rings is 1. The van der Waals surface area contributed by atoms with Crippen LogP contribution in [0.25, 0.3) is 0 Å². The smallest absolute Gasteiger partial charge is 0.339 e. The van der Waals surface area contributed by atoms with Crippen LogP contribution in [-0.2, 0) is 17.6 Å². The molecule has 3 rings (SSSR count). The zero-order chi connectivity index (χ0) is 17.5. The molecular formula is C19H23NO3S. The van der Waals surface area contributed by atoms with Gasteiger partial charge >= 0.3 is 5.97 Å². The molecule has 0 saturated heterocycles. The fraction of sp³-hybridized carbons (Fsp3) is 0.474. The number of aromatic carboxylic acids is 1. The molecule has 0 radical (unpaired) electrons. The van der Waals surface area contributed by atoms with Gasteiger partial charge in [-0.2, -0.15) is 0 Å². The van der Waals surface area contributed by atoms with Crippen LogP contribution in [0.4, 0.5) is 5.00 Å². The van der Waals surface area contributed by atoms with Gasteiger partial charge in [0.2, 0.25) is 0 Å². The summed E-state index contributed by atoms with van der Waals surface area (Å²) in [7, 11) is 0. The molecule has 0 aromatic carbocycles. The highest BCUT2D eigenvalue weighted by Gasteiger charge is 2.34. The summed E-state index contributed by atoms with van der Waals surface area (Å²) < 4.78 is 0. The van der Waals surface area contributed by atoms with Gasteiger partial charge in [0.15, 0.2) is 0 Å². The van der Waals surface area contributed by atoms with E-state index in [-0.39, 0.29) is 11.3 Å². The highest BCUT2D eigenvalue weighted by molar-refractivity contribution is 7.17. The molecule has 1 unspecified atom stereocenters. The minimum atomic E-state index is -0.949. The highest BCUT2D eigenvalue weighted by Crippen LogP contribution is 2.44. The van der Waals surface area contributed by atoms with Crippen LogP contribution in [0.2, 0.25) is 0 Å². The number of carbonyl (C=O) groups is 2. The summed E-state index contributed by atoms with van der Waals surface area (Å²) in [5.74, 6) is -0.611. The van der Waals surface area contributed by atoms with Gasteiger partial charge in [0.05, 0.1) is 5.56 Å². The first-order valence-electron chi connectivity index (χ1n) is 8.32. The number of carbonyl (C=O) groups excluding carboxylic acids is 1. The number of anilines is 1. The molecule has 0 bridgehead atoms. The van der Waals surface area contributed by atoms with Gasteiger partial charge in [-0.3, -0.25) is 4.79 Å². The summed E-state index contributed by atoms with van der Waals surface area (Å²) in [5, 5.41) is 13.0. The van der Waals surface area contributed by atoms with Crippen molar-refractivity contribution >= 4 is 28.2 Å². The van der Waals surface area contributed by atoms with E-state index in [1.54, 1.807) is 6.08 Å². The van der Waals surface area contributed by atoms with Crippen LogP contribution in [0.1, 0.15) is 54.4 Å². The number of nitrogens with one attached hydrogen (secondary N) is 1. The molecule has 2 N–H and O–H groups in total. The lowest BCUT2D eigenvalue weighted by molar-refractivity contribution is -0.112. The van der Waals surface area contributed by atoms with E-state index in [0.29, 0.717) is 28.5 Å². The Morgan fingerprint density at radius 2 is 2.08 bits per heavy atom. The molecule has 128 valence electrons. The number of carboxylic acid groups (broad SMARTS) is 1. The van der Waals surface area contributed by atoms with Crippen LogP contribution in [0.5, 0.6) is 0 Å². The quantitative estimate of drug-likeness (QED) is 0.852. The molecule has 1 amide bonds. The van der Waals surface area contributed by atoms with E-state index in [9.17, 15) is 14.7 Å². The SMILES string of the molecule is CC(C)(C)C1CCc2c(sc(NC(=O)C3=CC=CC3)c2C(=O)O)C1. The predicted molar refractivity (Wildman–Crippen MR) is 96.7 cm³/mol. The van der Waals surface area contributed by atoms with E-state index in [2.05, 4.69) is 26.1 Å². The third kappa shape index (κ3) is 3.18. The van der Waals surface area contributed by atoms with Crippen LogP contribution >= 0.6 is 11.3 Å². The number of rotatable bonds is 3. The van der Waals surface area contributed by atoms with Crippen molar-refractivity contribution in [3.05, 3.63) is 39.8 Å². The molecule has 2 aliphatic rings. The molecule has 2 aliphatic carbocycles. The van der Waals surface area contributed by atoms with E-state index in [1.807, 2.05) is 12.2 Å². The molecule has 0 aliphatic heterocycles.